The molecule has 0 spiro atoms. The van der Waals surface area contributed by atoms with E-state index in [9.17, 15) is 4.79 Å². The third-order valence-corrected chi connectivity index (χ3v) is 0.343. The highest BCUT2D eigenvalue weighted by atomic mass is 17.3. The van der Waals surface area contributed by atoms with E-state index in [4.69, 9.17) is 0 Å². The van der Waals surface area contributed by atoms with E-state index in [1.165, 1.54) is 5.94 Å². The molecule has 46 valence electrons. The summed E-state index contributed by atoms with van der Waals surface area (Å²) >= 11 is 0. The Balaban J connectivity index is 2.82. The van der Waals surface area contributed by atoms with Crippen molar-refractivity contribution < 1.29 is 14.7 Å². The summed E-state index contributed by atoms with van der Waals surface area (Å²) in [7, 11) is 0. The molecular formula is C4H7NO3. The van der Waals surface area contributed by atoms with Crippen LogP contribution < -0.4 is 5.48 Å². The predicted molar refractivity (Wildman–Crippen MR) is 26.1 cm³/mol. The largest absolute Gasteiger partial charge is 0.232 e. The Kier molecular flexibility index (Phi) is 5.53. The smallest absolute Gasteiger partial charge is 0.144 e. The lowest BCUT2D eigenvalue weighted by molar-refractivity contribution is -0.323. The fourth-order valence-electron chi connectivity index (χ4n) is 0.141. The van der Waals surface area contributed by atoms with Gasteiger partial charge < -0.3 is 0 Å². The molecule has 0 heterocycles. The van der Waals surface area contributed by atoms with E-state index in [2.05, 4.69) is 15.4 Å². The molecule has 0 aliphatic heterocycles. The van der Waals surface area contributed by atoms with Gasteiger partial charge in [0.1, 0.15) is 12.1 Å². The fourth-order valence-corrected chi connectivity index (χ4v) is 0.141. The molecule has 8 heavy (non-hydrogen) atoms. The minimum absolute atomic E-state index is 0.430. The molecule has 0 amide bonds. The Bertz CT molecular complexity index is 87.3. The summed E-state index contributed by atoms with van der Waals surface area (Å²) in [5, 5.41) is 0. The summed E-state index contributed by atoms with van der Waals surface area (Å²) in [5.41, 5.74) is 2.07. The molecule has 0 aromatic heterocycles. The van der Waals surface area contributed by atoms with Crippen LogP contribution in [0.1, 0.15) is 6.92 Å². The maximum Gasteiger partial charge on any atom is 0.144 e. The molecule has 0 aromatic carbocycles. The lowest BCUT2D eigenvalue weighted by Gasteiger charge is -1.94. The van der Waals surface area contributed by atoms with Crippen molar-refractivity contribution in [3.8, 4) is 0 Å². The van der Waals surface area contributed by atoms with Gasteiger partial charge in [-0.2, -0.15) is 0 Å². The highest BCUT2D eigenvalue weighted by Gasteiger charge is 1.73. The Morgan fingerprint density at radius 2 is 2.62 bits per heavy atom. The van der Waals surface area contributed by atoms with E-state index >= 15 is 0 Å². The second-order valence-electron chi connectivity index (χ2n) is 0.870. The number of carbonyl (C=O) groups excluding carboxylic acids is 1. The quantitative estimate of drug-likeness (QED) is 0.240. The van der Waals surface area contributed by atoms with E-state index < -0.39 is 0 Å². The zero-order chi connectivity index (χ0) is 6.24. The van der Waals surface area contributed by atoms with Crippen molar-refractivity contribution in [2.45, 2.75) is 6.92 Å². The molecule has 4 heteroatoms. The zero-order valence-electron chi connectivity index (χ0n) is 4.51. The van der Waals surface area contributed by atoms with Crippen molar-refractivity contribution in [1.82, 2.24) is 5.48 Å². The molecule has 0 unspecified atom stereocenters. The summed E-state index contributed by atoms with van der Waals surface area (Å²) in [6.07, 6.45) is 0.954. The summed E-state index contributed by atoms with van der Waals surface area (Å²) in [6, 6.07) is 0. The molecule has 0 radical (unpaired) electrons. The van der Waals surface area contributed by atoms with Crippen molar-refractivity contribution in [3.63, 3.8) is 0 Å². The van der Waals surface area contributed by atoms with Crippen LogP contribution in [-0.2, 0) is 14.7 Å². The first kappa shape index (κ1) is 7.17. The Hall–Kier alpha value is -0.830. The minimum atomic E-state index is 0.430. The molecule has 0 rings (SSSR count). The monoisotopic (exact) mass is 117 g/mol. The van der Waals surface area contributed by atoms with Gasteiger partial charge in [-0.25, -0.2) is 15.2 Å². The van der Waals surface area contributed by atoms with Crippen molar-refractivity contribution >= 4 is 5.94 Å². The molecule has 0 aliphatic carbocycles. The van der Waals surface area contributed by atoms with Gasteiger partial charge in [0.05, 0.1) is 6.61 Å². The molecule has 0 saturated heterocycles. The Morgan fingerprint density at radius 3 is 3.12 bits per heavy atom. The lowest BCUT2D eigenvalue weighted by Crippen LogP contribution is -2.06. The van der Waals surface area contributed by atoms with E-state index in [-0.39, 0.29) is 0 Å². The van der Waals surface area contributed by atoms with Crippen LogP contribution in [0.5, 0.6) is 0 Å². The van der Waals surface area contributed by atoms with Crippen LogP contribution >= 0.6 is 0 Å². The highest BCUT2D eigenvalue weighted by molar-refractivity contribution is 5.43. The van der Waals surface area contributed by atoms with Gasteiger partial charge >= 0.3 is 0 Å². The first-order valence-corrected chi connectivity index (χ1v) is 2.15. The van der Waals surface area contributed by atoms with Gasteiger partial charge in [0.2, 0.25) is 0 Å². The number of hydrogen-bond donors (Lipinski definition) is 1. The van der Waals surface area contributed by atoms with Gasteiger partial charge in [-0.05, 0) is 6.92 Å². The molecular weight excluding hydrogens is 110 g/mol. The fraction of sp³-hybridized carbons (Fsp3) is 0.500. The third-order valence-electron chi connectivity index (χ3n) is 0.343. The highest BCUT2D eigenvalue weighted by Crippen LogP contribution is 1.67. The van der Waals surface area contributed by atoms with Crippen LogP contribution in [0.3, 0.4) is 0 Å². The van der Waals surface area contributed by atoms with Crippen LogP contribution in [0, 0.1) is 0 Å². The van der Waals surface area contributed by atoms with Crippen LogP contribution in [0.2, 0.25) is 0 Å². The van der Waals surface area contributed by atoms with Crippen molar-refractivity contribution in [3.05, 3.63) is 6.20 Å². The zero-order valence-corrected chi connectivity index (χ0v) is 4.51. The predicted octanol–water partition coefficient (Wildman–Crippen LogP) is -0.196. The second kappa shape index (κ2) is 6.17. The van der Waals surface area contributed by atoms with Crippen molar-refractivity contribution in [2.24, 2.45) is 0 Å². The molecule has 1 N–H and O–H groups in total. The van der Waals surface area contributed by atoms with E-state index in [0.29, 0.717) is 6.61 Å². The van der Waals surface area contributed by atoms with Crippen LogP contribution in [-0.4, -0.2) is 12.5 Å². The molecule has 0 bridgehead atoms. The number of rotatable bonds is 4. The maximum absolute atomic E-state index is 9.39. The van der Waals surface area contributed by atoms with E-state index in [1.54, 1.807) is 6.92 Å². The molecule has 4 nitrogen and oxygen atoms in total. The van der Waals surface area contributed by atoms with Crippen molar-refractivity contribution in [1.29, 1.82) is 0 Å². The van der Waals surface area contributed by atoms with Gasteiger partial charge in [0, 0.05) is 0 Å². The van der Waals surface area contributed by atoms with Gasteiger partial charge in [-0.15, -0.1) is 4.99 Å². The van der Waals surface area contributed by atoms with Gasteiger partial charge in [0.15, 0.2) is 0 Å². The van der Waals surface area contributed by atoms with Crippen LogP contribution in [0.4, 0.5) is 0 Å². The summed E-state index contributed by atoms with van der Waals surface area (Å²) < 4.78 is 0. The lowest BCUT2D eigenvalue weighted by atomic mass is 10.9. The molecule has 0 fully saturated rings. The Morgan fingerprint density at radius 1 is 1.88 bits per heavy atom. The van der Waals surface area contributed by atoms with E-state index in [0.717, 1.165) is 6.20 Å². The minimum Gasteiger partial charge on any atom is -0.232 e. The van der Waals surface area contributed by atoms with E-state index in [1.807, 2.05) is 0 Å². The topological polar surface area (TPSA) is 47.6 Å². The number of nitrogens with one attached hydrogen (secondary N) is 1. The average Bonchev–Trinajstić information content (AvgIpc) is 1.81. The van der Waals surface area contributed by atoms with Crippen LogP contribution in [0.25, 0.3) is 0 Å². The summed E-state index contributed by atoms with van der Waals surface area (Å²) in [6.45, 7) is 2.19. The summed E-state index contributed by atoms with van der Waals surface area (Å²) in [5.74, 6) is 1.44. The average molecular weight is 117 g/mol. The SMILES string of the molecule is CCOONC=C=O. The molecule has 0 saturated carbocycles. The van der Waals surface area contributed by atoms with Gasteiger partial charge in [-0.1, -0.05) is 0 Å². The summed E-state index contributed by atoms with van der Waals surface area (Å²) in [4.78, 5) is 17.9. The molecule has 0 aromatic rings. The van der Waals surface area contributed by atoms with Crippen LogP contribution in [0.15, 0.2) is 6.20 Å². The third kappa shape index (κ3) is 5.17. The standard InChI is InChI=1S/C4H7NO3/c1-2-7-8-5-3-4-6/h3,5H,2H2,1H3. The van der Waals surface area contributed by atoms with Gasteiger partial charge in [0.25, 0.3) is 0 Å². The van der Waals surface area contributed by atoms with Gasteiger partial charge in [-0.3, -0.25) is 0 Å². The van der Waals surface area contributed by atoms with Crippen molar-refractivity contribution in [2.75, 3.05) is 6.61 Å². The second-order valence-corrected chi connectivity index (χ2v) is 0.870. The number of hydroxylamine groups is 1. The molecule has 0 aliphatic rings. The maximum atomic E-state index is 9.39. The molecule has 0 atom stereocenters. The normalized spacial score (nSPS) is 7.62. The first-order valence-electron chi connectivity index (χ1n) is 2.15. The Labute approximate surface area is 47.0 Å². The number of hydrogen-bond acceptors (Lipinski definition) is 4. The first-order chi connectivity index (χ1) is 3.91.